The van der Waals surface area contributed by atoms with Gasteiger partial charge in [0.1, 0.15) is 12.1 Å². The van der Waals surface area contributed by atoms with Crippen LogP contribution in [0, 0.1) is 0 Å². The molecule has 0 radical (unpaired) electrons. The van der Waals surface area contributed by atoms with E-state index in [1.165, 1.54) is 0 Å². The molecule has 0 fully saturated rings. The van der Waals surface area contributed by atoms with Gasteiger partial charge in [-0.3, -0.25) is 0 Å². The van der Waals surface area contributed by atoms with E-state index in [1.54, 1.807) is 0 Å². The number of benzene rings is 1. The third-order valence-electron chi connectivity index (χ3n) is 1.71. The Hall–Kier alpha value is -0.280. The number of hydrogen-bond donors (Lipinski definition) is 0. The lowest BCUT2D eigenvalue weighted by Crippen LogP contribution is -1.93. The highest BCUT2D eigenvalue weighted by molar-refractivity contribution is 6.17. The first-order valence-electron chi connectivity index (χ1n) is 4.22. The molecule has 0 aliphatic heterocycles. The zero-order valence-electron chi connectivity index (χ0n) is 7.71. The molecule has 1 aromatic carbocycles. The van der Waals surface area contributed by atoms with Crippen LogP contribution in [0.1, 0.15) is 11.1 Å². The lowest BCUT2D eigenvalue weighted by Gasteiger charge is -2.03. The first kappa shape index (κ1) is 11.8. The molecule has 0 heterocycles. The fourth-order valence-electron chi connectivity index (χ4n) is 1.04. The van der Waals surface area contributed by atoms with Crippen LogP contribution in [0.25, 0.3) is 0 Å². The van der Waals surface area contributed by atoms with Crippen LogP contribution in [0.15, 0.2) is 24.3 Å². The molecule has 1 aromatic rings. The van der Waals surface area contributed by atoms with Crippen molar-refractivity contribution < 1.29 is 9.47 Å². The van der Waals surface area contributed by atoms with Gasteiger partial charge in [-0.25, -0.2) is 0 Å². The smallest absolute Gasteiger partial charge is 0.121 e. The van der Waals surface area contributed by atoms with Crippen molar-refractivity contribution in [3.05, 3.63) is 35.4 Å². The van der Waals surface area contributed by atoms with Crippen LogP contribution >= 0.6 is 23.2 Å². The molecule has 1 rings (SSSR count). The summed E-state index contributed by atoms with van der Waals surface area (Å²) in [5.41, 5.74) is 2.19. The molecule has 0 saturated carbocycles. The topological polar surface area (TPSA) is 18.5 Å². The van der Waals surface area contributed by atoms with Crippen molar-refractivity contribution in [3.63, 3.8) is 0 Å². The van der Waals surface area contributed by atoms with Gasteiger partial charge in [-0.1, -0.05) is 47.5 Å². The number of alkyl halides is 2. The summed E-state index contributed by atoms with van der Waals surface area (Å²) in [6.45, 7) is 1.08. The Bertz CT molecular complexity index is 222. The second-order valence-electron chi connectivity index (χ2n) is 2.73. The summed E-state index contributed by atoms with van der Waals surface area (Å²) in [6.07, 6.45) is 0. The average Bonchev–Trinajstić information content (AvgIpc) is 2.25. The average molecular weight is 235 g/mol. The number of halogens is 2. The van der Waals surface area contributed by atoms with Crippen LogP contribution in [0.3, 0.4) is 0 Å². The van der Waals surface area contributed by atoms with Gasteiger partial charge in [-0.2, -0.15) is 0 Å². The van der Waals surface area contributed by atoms with Crippen molar-refractivity contribution >= 4 is 23.2 Å². The summed E-state index contributed by atoms with van der Waals surface area (Å²) < 4.78 is 10.1. The third-order valence-corrected chi connectivity index (χ3v) is 2.02. The van der Waals surface area contributed by atoms with Crippen LogP contribution in [-0.2, 0) is 22.7 Å². The molecule has 0 aliphatic carbocycles. The molecular weight excluding hydrogens is 223 g/mol. The molecule has 2 nitrogen and oxygen atoms in total. The van der Waals surface area contributed by atoms with E-state index >= 15 is 0 Å². The monoisotopic (exact) mass is 234 g/mol. The Morgan fingerprint density at radius 1 is 0.786 bits per heavy atom. The molecular formula is C10H12Cl2O2. The van der Waals surface area contributed by atoms with Crippen molar-refractivity contribution in [1.29, 1.82) is 0 Å². The van der Waals surface area contributed by atoms with Crippen LogP contribution in [0.4, 0.5) is 0 Å². The maximum atomic E-state index is 5.39. The van der Waals surface area contributed by atoms with E-state index < -0.39 is 0 Å². The van der Waals surface area contributed by atoms with Crippen molar-refractivity contribution in [2.24, 2.45) is 0 Å². The summed E-state index contributed by atoms with van der Waals surface area (Å²) in [7, 11) is 0. The molecule has 0 N–H and O–H groups in total. The molecule has 0 aromatic heterocycles. The highest BCUT2D eigenvalue weighted by Gasteiger charge is 1.94. The van der Waals surface area contributed by atoms with E-state index in [1.807, 2.05) is 24.3 Å². The van der Waals surface area contributed by atoms with E-state index in [0.29, 0.717) is 13.2 Å². The minimum absolute atomic E-state index is 0.219. The Morgan fingerprint density at radius 2 is 1.14 bits per heavy atom. The van der Waals surface area contributed by atoms with Crippen LogP contribution in [-0.4, -0.2) is 12.1 Å². The highest BCUT2D eigenvalue weighted by atomic mass is 35.5. The van der Waals surface area contributed by atoms with Crippen molar-refractivity contribution in [2.45, 2.75) is 13.2 Å². The largest absolute Gasteiger partial charge is 0.361 e. The van der Waals surface area contributed by atoms with Gasteiger partial charge >= 0.3 is 0 Å². The Labute approximate surface area is 93.7 Å². The van der Waals surface area contributed by atoms with Crippen molar-refractivity contribution in [1.82, 2.24) is 0 Å². The Kier molecular flexibility index (Phi) is 5.96. The van der Waals surface area contributed by atoms with Crippen LogP contribution in [0.5, 0.6) is 0 Å². The standard InChI is InChI=1S/C10H12Cl2O2/c11-7-13-5-9-1-2-10(4-3-9)6-14-8-12/h1-4H,5-8H2. The normalized spacial score (nSPS) is 10.4. The quantitative estimate of drug-likeness (QED) is 0.705. The molecule has 0 bridgehead atoms. The van der Waals surface area contributed by atoms with E-state index in [9.17, 15) is 0 Å². The number of hydrogen-bond acceptors (Lipinski definition) is 2. The lowest BCUT2D eigenvalue weighted by atomic mass is 10.1. The summed E-state index contributed by atoms with van der Waals surface area (Å²) in [6, 6.07) is 8.38. The van der Waals surface area contributed by atoms with E-state index in [-0.39, 0.29) is 12.1 Å². The summed E-state index contributed by atoms with van der Waals surface area (Å²) in [5, 5.41) is 0. The van der Waals surface area contributed by atoms with Gasteiger partial charge in [0.2, 0.25) is 0 Å². The third kappa shape index (κ3) is 4.29. The molecule has 4 heteroatoms. The number of rotatable bonds is 6. The van der Waals surface area contributed by atoms with Crippen LogP contribution < -0.4 is 0 Å². The number of ether oxygens (including phenoxy) is 2. The minimum atomic E-state index is 0.219. The zero-order valence-corrected chi connectivity index (χ0v) is 9.22. The van der Waals surface area contributed by atoms with Gasteiger partial charge in [0.15, 0.2) is 0 Å². The molecule has 78 valence electrons. The Balaban J connectivity index is 2.42. The second kappa shape index (κ2) is 7.07. The van der Waals surface area contributed by atoms with Gasteiger partial charge in [0.25, 0.3) is 0 Å². The van der Waals surface area contributed by atoms with Gasteiger partial charge in [-0.15, -0.1) is 0 Å². The van der Waals surface area contributed by atoms with Gasteiger partial charge < -0.3 is 9.47 Å². The fraction of sp³-hybridized carbons (Fsp3) is 0.400. The first-order chi connectivity index (χ1) is 6.86. The minimum Gasteiger partial charge on any atom is -0.361 e. The van der Waals surface area contributed by atoms with Crippen LogP contribution in [0.2, 0.25) is 0 Å². The van der Waals surface area contributed by atoms with E-state index in [4.69, 9.17) is 32.7 Å². The zero-order chi connectivity index (χ0) is 10.2. The van der Waals surface area contributed by atoms with Gasteiger partial charge in [-0.05, 0) is 11.1 Å². The SMILES string of the molecule is ClCOCc1ccc(COCCl)cc1. The molecule has 0 atom stereocenters. The molecule has 14 heavy (non-hydrogen) atoms. The lowest BCUT2D eigenvalue weighted by molar-refractivity contribution is 0.163. The first-order valence-corrected chi connectivity index (χ1v) is 5.29. The Morgan fingerprint density at radius 3 is 1.43 bits per heavy atom. The maximum Gasteiger partial charge on any atom is 0.121 e. The molecule has 0 unspecified atom stereocenters. The predicted molar refractivity (Wildman–Crippen MR) is 57.5 cm³/mol. The predicted octanol–water partition coefficient (Wildman–Crippen LogP) is 3.11. The summed E-state index contributed by atoms with van der Waals surface area (Å²) in [5.74, 6) is 0. The van der Waals surface area contributed by atoms with Crippen molar-refractivity contribution in [2.75, 3.05) is 12.1 Å². The second-order valence-corrected chi connectivity index (χ2v) is 3.17. The van der Waals surface area contributed by atoms with Crippen molar-refractivity contribution in [3.8, 4) is 0 Å². The molecule has 0 spiro atoms. The van der Waals surface area contributed by atoms with Gasteiger partial charge in [0.05, 0.1) is 13.2 Å². The highest BCUT2D eigenvalue weighted by Crippen LogP contribution is 2.07. The molecule has 0 saturated heterocycles. The van der Waals surface area contributed by atoms with E-state index in [0.717, 1.165) is 11.1 Å². The molecule has 0 amide bonds. The molecule has 0 aliphatic rings. The fourth-order valence-corrected chi connectivity index (χ4v) is 1.20. The maximum absolute atomic E-state index is 5.39. The summed E-state index contributed by atoms with van der Waals surface area (Å²) in [4.78, 5) is 0. The summed E-state index contributed by atoms with van der Waals surface area (Å²) >= 11 is 10.8. The van der Waals surface area contributed by atoms with Gasteiger partial charge in [0, 0.05) is 0 Å². The van der Waals surface area contributed by atoms with E-state index in [2.05, 4.69) is 0 Å².